The molecule has 0 bridgehead atoms. The number of hydrogen-bond acceptors (Lipinski definition) is 6. The third-order valence-electron chi connectivity index (χ3n) is 3.14. The molecule has 1 aliphatic heterocycles. The average molecular weight is 260 g/mol. The first-order valence-corrected chi connectivity index (χ1v) is 6.06. The Balaban J connectivity index is 1.83. The molecule has 0 amide bonds. The molecule has 0 spiro atoms. The lowest BCUT2D eigenvalue weighted by Gasteiger charge is -2.01. The van der Waals surface area contributed by atoms with Crippen molar-refractivity contribution in [2.75, 3.05) is 6.54 Å². The highest BCUT2D eigenvalue weighted by molar-refractivity contribution is 5.56. The van der Waals surface area contributed by atoms with Gasteiger partial charge in [0.05, 0.1) is 11.0 Å². The van der Waals surface area contributed by atoms with Gasteiger partial charge in [-0.2, -0.15) is 4.98 Å². The van der Waals surface area contributed by atoms with E-state index in [-0.39, 0.29) is 11.7 Å². The lowest BCUT2D eigenvalue weighted by atomic mass is 10.2. The van der Waals surface area contributed by atoms with Crippen LogP contribution in [0.3, 0.4) is 0 Å². The molecular weight excluding hydrogens is 248 g/mol. The van der Waals surface area contributed by atoms with Crippen LogP contribution in [0, 0.1) is 10.1 Å². The summed E-state index contributed by atoms with van der Waals surface area (Å²) in [6.45, 7) is 0.958. The molecule has 0 aliphatic carbocycles. The first-order chi connectivity index (χ1) is 9.24. The summed E-state index contributed by atoms with van der Waals surface area (Å²) in [6.07, 6.45) is 2.09. The van der Waals surface area contributed by atoms with Crippen LogP contribution in [0.1, 0.15) is 24.8 Å². The van der Waals surface area contributed by atoms with Crippen LogP contribution in [-0.2, 0) is 0 Å². The molecule has 19 heavy (non-hydrogen) atoms. The van der Waals surface area contributed by atoms with Gasteiger partial charge in [-0.25, -0.2) is 0 Å². The number of benzene rings is 1. The van der Waals surface area contributed by atoms with Crippen molar-refractivity contribution in [3.8, 4) is 11.4 Å². The molecule has 2 aromatic rings. The molecule has 0 radical (unpaired) electrons. The lowest BCUT2D eigenvalue weighted by molar-refractivity contribution is -0.384. The zero-order chi connectivity index (χ0) is 13.2. The highest BCUT2D eigenvalue weighted by atomic mass is 16.6. The van der Waals surface area contributed by atoms with E-state index < -0.39 is 4.92 Å². The topological polar surface area (TPSA) is 94.1 Å². The van der Waals surface area contributed by atoms with Gasteiger partial charge in [-0.3, -0.25) is 10.1 Å². The molecule has 1 aromatic carbocycles. The maximum absolute atomic E-state index is 10.6. The van der Waals surface area contributed by atoms with Crippen molar-refractivity contribution in [1.29, 1.82) is 0 Å². The van der Waals surface area contributed by atoms with Crippen molar-refractivity contribution in [2.45, 2.75) is 18.9 Å². The summed E-state index contributed by atoms with van der Waals surface area (Å²) in [4.78, 5) is 14.5. The van der Waals surface area contributed by atoms with E-state index in [2.05, 4.69) is 15.5 Å². The molecule has 7 nitrogen and oxygen atoms in total. The normalized spacial score (nSPS) is 18.6. The van der Waals surface area contributed by atoms with Gasteiger partial charge in [0.15, 0.2) is 0 Å². The maximum Gasteiger partial charge on any atom is 0.269 e. The molecule has 2 heterocycles. The van der Waals surface area contributed by atoms with Gasteiger partial charge in [0.1, 0.15) is 0 Å². The van der Waals surface area contributed by atoms with Crippen molar-refractivity contribution in [3.63, 3.8) is 0 Å². The summed E-state index contributed by atoms with van der Waals surface area (Å²) in [5.74, 6) is 1.03. The standard InChI is InChI=1S/C12H12N4O3/c17-16(18)9-5-3-8(4-6-9)11-14-12(19-15-11)10-2-1-7-13-10/h3-6,10,13H,1-2,7H2/t10-/m0/s1. The molecule has 98 valence electrons. The molecule has 1 N–H and O–H groups in total. The van der Waals surface area contributed by atoms with E-state index in [0.29, 0.717) is 17.3 Å². The summed E-state index contributed by atoms with van der Waals surface area (Å²) in [7, 11) is 0. The first-order valence-electron chi connectivity index (χ1n) is 6.06. The molecule has 1 saturated heterocycles. The molecule has 0 saturated carbocycles. The summed E-state index contributed by atoms with van der Waals surface area (Å²) in [6, 6.07) is 6.22. The Labute approximate surface area is 108 Å². The highest BCUT2D eigenvalue weighted by Gasteiger charge is 2.22. The van der Waals surface area contributed by atoms with Crippen molar-refractivity contribution in [2.24, 2.45) is 0 Å². The van der Waals surface area contributed by atoms with E-state index in [4.69, 9.17) is 4.52 Å². The van der Waals surface area contributed by atoms with Crippen LogP contribution in [0.4, 0.5) is 5.69 Å². The van der Waals surface area contributed by atoms with Crippen LogP contribution in [0.2, 0.25) is 0 Å². The van der Waals surface area contributed by atoms with Crippen molar-refractivity contribution in [1.82, 2.24) is 15.5 Å². The van der Waals surface area contributed by atoms with Gasteiger partial charge >= 0.3 is 0 Å². The van der Waals surface area contributed by atoms with Crippen LogP contribution in [0.25, 0.3) is 11.4 Å². The zero-order valence-electron chi connectivity index (χ0n) is 10.1. The smallest absolute Gasteiger partial charge is 0.269 e. The average Bonchev–Trinajstić information content (AvgIpc) is 3.10. The summed E-state index contributed by atoms with van der Waals surface area (Å²) in [5, 5.41) is 17.8. The number of nitrogens with zero attached hydrogens (tertiary/aromatic N) is 3. The van der Waals surface area contributed by atoms with Gasteiger partial charge < -0.3 is 9.84 Å². The highest BCUT2D eigenvalue weighted by Crippen LogP contribution is 2.25. The molecule has 7 heteroatoms. The molecule has 1 aromatic heterocycles. The van der Waals surface area contributed by atoms with Gasteiger partial charge in [0, 0.05) is 17.7 Å². The van der Waals surface area contributed by atoms with E-state index in [1.165, 1.54) is 12.1 Å². The summed E-state index contributed by atoms with van der Waals surface area (Å²) in [5.41, 5.74) is 0.753. The number of aromatic nitrogens is 2. The van der Waals surface area contributed by atoms with Crippen LogP contribution >= 0.6 is 0 Å². The van der Waals surface area contributed by atoms with Gasteiger partial charge in [0.2, 0.25) is 11.7 Å². The zero-order valence-corrected chi connectivity index (χ0v) is 10.1. The third kappa shape index (κ3) is 2.32. The minimum atomic E-state index is -0.437. The fourth-order valence-electron chi connectivity index (χ4n) is 2.12. The molecular formula is C12H12N4O3. The van der Waals surface area contributed by atoms with Crippen LogP contribution < -0.4 is 5.32 Å². The molecule has 1 atom stereocenters. The summed E-state index contributed by atoms with van der Waals surface area (Å²) < 4.78 is 5.22. The van der Waals surface area contributed by atoms with E-state index in [9.17, 15) is 10.1 Å². The van der Waals surface area contributed by atoms with Crippen LogP contribution in [0.5, 0.6) is 0 Å². The minimum absolute atomic E-state index is 0.0462. The Kier molecular flexibility index (Phi) is 2.96. The molecule has 0 unspecified atom stereocenters. The number of nitro benzene ring substituents is 1. The van der Waals surface area contributed by atoms with Crippen molar-refractivity contribution < 1.29 is 9.45 Å². The van der Waals surface area contributed by atoms with Crippen molar-refractivity contribution >= 4 is 5.69 Å². The number of nitrogens with one attached hydrogen (secondary N) is 1. The SMILES string of the molecule is O=[N+]([O-])c1ccc(-c2noc([C@@H]3CCCN3)n2)cc1. The second-order valence-corrected chi connectivity index (χ2v) is 4.41. The lowest BCUT2D eigenvalue weighted by Crippen LogP contribution is -2.12. The number of nitro groups is 1. The van der Waals surface area contributed by atoms with Crippen LogP contribution in [0.15, 0.2) is 28.8 Å². The Hall–Kier alpha value is -2.28. The Bertz CT molecular complexity index is 587. The van der Waals surface area contributed by atoms with Crippen molar-refractivity contribution in [3.05, 3.63) is 40.3 Å². The Morgan fingerprint density at radius 2 is 2.16 bits per heavy atom. The predicted molar refractivity (Wildman–Crippen MR) is 66.4 cm³/mol. The van der Waals surface area contributed by atoms with E-state index >= 15 is 0 Å². The van der Waals surface area contributed by atoms with Crippen LogP contribution in [-0.4, -0.2) is 21.6 Å². The number of rotatable bonds is 3. The third-order valence-corrected chi connectivity index (χ3v) is 3.14. The second kappa shape index (κ2) is 4.77. The monoisotopic (exact) mass is 260 g/mol. The molecule has 1 aliphatic rings. The first kappa shape index (κ1) is 11.8. The summed E-state index contributed by atoms with van der Waals surface area (Å²) >= 11 is 0. The number of non-ortho nitro benzene ring substituents is 1. The predicted octanol–water partition coefficient (Wildman–Crippen LogP) is 2.07. The fourth-order valence-corrected chi connectivity index (χ4v) is 2.12. The van der Waals surface area contributed by atoms with E-state index in [0.717, 1.165) is 19.4 Å². The quantitative estimate of drug-likeness (QED) is 0.670. The Morgan fingerprint density at radius 3 is 2.79 bits per heavy atom. The van der Waals surface area contributed by atoms with E-state index in [1.54, 1.807) is 12.1 Å². The second-order valence-electron chi connectivity index (χ2n) is 4.41. The number of hydrogen-bond donors (Lipinski definition) is 1. The van der Waals surface area contributed by atoms with Gasteiger partial charge in [-0.1, -0.05) is 5.16 Å². The largest absolute Gasteiger partial charge is 0.337 e. The molecule has 3 rings (SSSR count). The minimum Gasteiger partial charge on any atom is -0.337 e. The molecule has 1 fully saturated rings. The van der Waals surface area contributed by atoms with E-state index in [1.807, 2.05) is 0 Å². The van der Waals surface area contributed by atoms with Gasteiger partial charge in [-0.15, -0.1) is 0 Å². The van der Waals surface area contributed by atoms with Gasteiger partial charge in [-0.05, 0) is 31.5 Å². The Morgan fingerprint density at radius 1 is 1.37 bits per heavy atom. The maximum atomic E-state index is 10.6. The fraction of sp³-hybridized carbons (Fsp3) is 0.333. The van der Waals surface area contributed by atoms with Gasteiger partial charge in [0.25, 0.3) is 5.69 Å².